The summed E-state index contributed by atoms with van der Waals surface area (Å²) in [6.45, 7) is 8.85. The minimum Gasteiger partial charge on any atom is -0.505 e. The standard InChI is InChI=1S/C33H32N6O9S2/c1-7-9-24-21(8-2)16-31(50(44,45)46)32(33(24)40)39-38-28-15-20(4)26(18-30(28)48-6)36-37-27-14-19(3)25(17-29(27)47-5)35-34-22-10-12-23(13-11-22)49(41,42)43/h7-18,40H,2H2,1,3-6H3,(H,41,42,43)(H,44,45,46)/b9-7-,35-34?,37-36?,39-38?. The Morgan fingerprint density at radius 3 is 1.66 bits per heavy atom. The fourth-order valence-electron chi connectivity index (χ4n) is 4.50. The number of methoxy groups -OCH3 is 2. The quantitative estimate of drug-likeness (QED) is 0.0935. The molecule has 4 rings (SSSR count). The maximum atomic E-state index is 12.2. The number of benzene rings is 4. The highest BCUT2D eigenvalue weighted by Crippen LogP contribution is 2.43. The van der Waals surface area contributed by atoms with Crippen LogP contribution in [0.2, 0.25) is 0 Å². The van der Waals surface area contributed by atoms with Gasteiger partial charge in [-0.25, -0.2) is 0 Å². The highest BCUT2D eigenvalue weighted by molar-refractivity contribution is 7.86. The van der Waals surface area contributed by atoms with Gasteiger partial charge in [0.15, 0.2) is 5.75 Å². The first kappa shape index (κ1) is 37.2. The van der Waals surface area contributed by atoms with Gasteiger partial charge in [0.1, 0.15) is 33.5 Å². The van der Waals surface area contributed by atoms with Gasteiger partial charge in [-0.3, -0.25) is 9.11 Å². The summed E-state index contributed by atoms with van der Waals surface area (Å²) in [6.07, 6.45) is 4.50. The fourth-order valence-corrected chi connectivity index (χ4v) is 5.64. The van der Waals surface area contributed by atoms with Crippen LogP contribution in [0, 0.1) is 13.8 Å². The molecule has 0 atom stereocenters. The summed E-state index contributed by atoms with van der Waals surface area (Å²) in [4.78, 5) is -0.923. The third-order valence-electron chi connectivity index (χ3n) is 7.07. The van der Waals surface area contributed by atoms with Gasteiger partial charge in [0.2, 0.25) is 0 Å². The SMILES string of the molecule is C=Cc1cc(S(=O)(=O)O)c(N=Nc2cc(C)c(N=Nc3cc(C)c(N=Nc4ccc(S(=O)(=O)O)cc4)cc3OC)cc2OC)c(O)c1/C=C\C. The zero-order chi connectivity index (χ0) is 36.8. The van der Waals surface area contributed by atoms with Crippen molar-refractivity contribution in [3.8, 4) is 17.2 Å². The number of allylic oxidation sites excluding steroid dienone is 1. The van der Waals surface area contributed by atoms with Gasteiger partial charge in [0.25, 0.3) is 20.2 Å². The van der Waals surface area contributed by atoms with Crippen LogP contribution in [0.15, 0.2) is 108 Å². The van der Waals surface area contributed by atoms with Crippen molar-refractivity contribution in [3.63, 3.8) is 0 Å². The number of hydrogen-bond acceptors (Lipinski definition) is 13. The molecular formula is C33H32N6O9S2. The second kappa shape index (κ2) is 15.3. The van der Waals surface area contributed by atoms with E-state index < -0.39 is 36.6 Å². The van der Waals surface area contributed by atoms with Gasteiger partial charge < -0.3 is 14.6 Å². The molecule has 17 heteroatoms. The molecule has 15 nitrogen and oxygen atoms in total. The summed E-state index contributed by atoms with van der Waals surface area (Å²) in [7, 11) is -6.31. The summed E-state index contributed by atoms with van der Waals surface area (Å²) in [5, 5.41) is 36.1. The molecule has 0 radical (unpaired) electrons. The number of aryl methyl sites for hydroxylation is 2. The lowest BCUT2D eigenvalue weighted by atomic mass is 10.0. The van der Waals surface area contributed by atoms with E-state index in [0.29, 0.717) is 39.6 Å². The van der Waals surface area contributed by atoms with E-state index in [1.807, 2.05) is 0 Å². The lowest BCUT2D eigenvalue weighted by Gasteiger charge is -2.12. The number of aromatic hydroxyl groups is 1. The second-order valence-corrected chi connectivity index (χ2v) is 13.3. The third-order valence-corrected chi connectivity index (χ3v) is 8.80. The van der Waals surface area contributed by atoms with Gasteiger partial charge in [-0.2, -0.15) is 32.2 Å². The smallest absolute Gasteiger partial charge is 0.296 e. The number of phenolic OH excluding ortho intramolecular Hbond substituents is 1. The van der Waals surface area contributed by atoms with Gasteiger partial charge in [0.05, 0.1) is 36.2 Å². The van der Waals surface area contributed by atoms with Crippen LogP contribution in [0.3, 0.4) is 0 Å². The Hall–Kier alpha value is -5.62. The highest BCUT2D eigenvalue weighted by atomic mass is 32.2. The van der Waals surface area contributed by atoms with Crippen molar-refractivity contribution in [2.24, 2.45) is 30.7 Å². The topological polar surface area (TPSA) is 222 Å². The Bertz CT molecular complexity index is 2300. The molecule has 0 fully saturated rings. The number of rotatable bonds is 12. The van der Waals surface area contributed by atoms with E-state index in [1.54, 1.807) is 45.0 Å². The Labute approximate surface area is 288 Å². The lowest BCUT2D eigenvalue weighted by Crippen LogP contribution is -2.00. The van der Waals surface area contributed by atoms with E-state index in [-0.39, 0.29) is 27.5 Å². The minimum atomic E-state index is -4.81. The molecule has 0 unspecified atom stereocenters. The van der Waals surface area contributed by atoms with Crippen molar-refractivity contribution in [2.75, 3.05) is 14.2 Å². The number of nitrogens with zero attached hydrogens (tertiary/aromatic N) is 6. The van der Waals surface area contributed by atoms with E-state index >= 15 is 0 Å². The van der Waals surface area contributed by atoms with Crippen LogP contribution in [0.4, 0.5) is 34.1 Å². The van der Waals surface area contributed by atoms with E-state index in [1.165, 1.54) is 56.7 Å². The summed E-state index contributed by atoms with van der Waals surface area (Å²) in [6, 6.07) is 12.7. The molecule has 3 N–H and O–H groups in total. The van der Waals surface area contributed by atoms with Crippen LogP contribution >= 0.6 is 0 Å². The molecule has 50 heavy (non-hydrogen) atoms. The molecule has 0 aliphatic carbocycles. The van der Waals surface area contributed by atoms with Crippen LogP contribution in [0.5, 0.6) is 17.2 Å². The molecule has 0 spiro atoms. The van der Waals surface area contributed by atoms with Crippen LogP contribution in [-0.4, -0.2) is 45.3 Å². The Balaban J connectivity index is 1.67. The van der Waals surface area contributed by atoms with Gasteiger partial charge in [0, 0.05) is 17.7 Å². The number of phenols is 1. The highest BCUT2D eigenvalue weighted by Gasteiger charge is 2.23. The molecule has 0 saturated heterocycles. The number of ether oxygens (including phenoxy) is 2. The van der Waals surface area contributed by atoms with Crippen molar-refractivity contribution >= 4 is 66.5 Å². The molecule has 4 aromatic rings. The zero-order valence-electron chi connectivity index (χ0n) is 27.4. The Kier molecular flexibility index (Phi) is 11.4. The van der Waals surface area contributed by atoms with E-state index in [4.69, 9.17) is 14.0 Å². The lowest BCUT2D eigenvalue weighted by molar-refractivity contribution is 0.415. The number of azo groups is 3. The largest absolute Gasteiger partial charge is 0.505 e. The van der Waals surface area contributed by atoms with Gasteiger partial charge in [-0.05, 0) is 79.9 Å². The van der Waals surface area contributed by atoms with Crippen molar-refractivity contribution in [1.29, 1.82) is 0 Å². The summed E-state index contributed by atoms with van der Waals surface area (Å²) < 4.78 is 76.9. The average molecular weight is 721 g/mol. The molecular weight excluding hydrogens is 689 g/mol. The third kappa shape index (κ3) is 8.50. The monoisotopic (exact) mass is 720 g/mol. The molecule has 0 heterocycles. The molecule has 0 aliphatic rings. The predicted molar refractivity (Wildman–Crippen MR) is 187 cm³/mol. The van der Waals surface area contributed by atoms with E-state index in [2.05, 4.69) is 37.3 Å². The minimum absolute atomic E-state index is 0.167. The first-order chi connectivity index (χ1) is 23.6. The Morgan fingerprint density at radius 2 is 1.20 bits per heavy atom. The first-order valence-electron chi connectivity index (χ1n) is 14.4. The van der Waals surface area contributed by atoms with E-state index in [0.717, 1.165) is 6.07 Å². The fraction of sp³-hybridized carbons (Fsp3) is 0.152. The van der Waals surface area contributed by atoms with Crippen LogP contribution in [0.1, 0.15) is 29.2 Å². The molecule has 0 aromatic heterocycles. The first-order valence-corrected chi connectivity index (χ1v) is 17.3. The van der Waals surface area contributed by atoms with Gasteiger partial charge >= 0.3 is 0 Å². The van der Waals surface area contributed by atoms with Crippen molar-refractivity contribution < 1.29 is 40.5 Å². The van der Waals surface area contributed by atoms with Crippen LogP contribution < -0.4 is 9.47 Å². The predicted octanol–water partition coefficient (Wildman–Crippen LogP) is 9.44. The molecule has 0 saturated carbocycles. The summed E-state index contributed by atoms with van der Waals surface area (Å²) >= 11 is 0. The van der Waals surface area contributed by atoms with Crippen molar-refractivity contribution in [3.05, 3.63) is 89.5 Å². The van der Waals surface area contributed by atoms with Crippen molar-refractivity contribution in [2.45, 2.75) is 30.6 Å². The molecule has 4 aromatic carbocycles. The zero-order valence-corrected chi connectivity index (χ0v) is 29.1. The molecule has 260 valence electrons. The molecule has 0 aliphatic heterocycles. The normalized spacial score (nSPS) is 12.5. The van der Waals surface area contributed by atoms with Crippen LogP contribution in [0.25, 0.3) is 12.2 Å². The maximum absolute atomic E-state index is 12.2. The molecule has 0 amide bonds. The average Bonchev–Trinajstić information content (AvgIpc) is 3.06. The molecule has 0 bridgehead atoms. The number of hydrogen-bond donors (Lipinski definition) is 3. The van der Waals surface area contributed by atoms with Crippen molar-refractivity contribution in [1.82, 2.24) is 0 Å². The maximum Gasteiger partial charge on any atom is 0.296 e. The second-order valence-electron chi connectivity index (χ2n) is 10.4. The van der Waals surface area contributed by atoms with Crippen LogP contribution in [-0.2, 0) is 20.2 Å². The summed E-state index contributed by atoms with van der Waals surface area (Å²) in [5.74, 6) is 0.00410. The van der Waals surface area contributed by atoms with Gasteiger partial charge in [-0.1, -0.05) is 24.8 Å². The Morgan fingerprint density at radius 1 is 0.700 bits per heavy atom. The van der Waals surface area contributed by atoms with E-state index in [9.17, 15) is 26.5 Å². The summed E-state index contributed by atoms with van der Waals surface area (Å²) in [5.41, 5.74) is 3.01. The van der Waals surface area contributed by atoms with Gasteiger partial charge in [-0.15, -0.1) is 15.3 Å².